The van der Waals surface area contributed by atoms with Gasteiger partial charge in [-0.15, -0.1) is 0 Å². The van der Waals surface area contributed by atoms with Crippen molar-refractivity contribution >= 4 is 79.3 Å². The second-order valence-corrected chi connectivity index (χ2v) is 20.6. The fraction of sp³-hybridized carbons (Fsp3) is 0.786. The van der Waals surface area contributed by atoms with Crippen molar-refractivity contribution < 1.29 is 35.9 Å². The molecule has 3 nitrogen and oxygen atoms in total. The van der Waals surface area contributed by atoms with E-state index in [4.69, 9.17) is 0 Å². The van der Waals surface area contributed by atoms with Crippen molar-refractivity contribution in [1.82, 2.24) is 0 Å². The molecule has 0 aromatic carbocycles. The van der Waals surface area contributed by atoms with Gasteiger partial charge in [-0.1, -0.05) is 0 Å². The average molecular weight is 929 g/mol. The monoisotopic (exact) mass is 929 g/mol. The molecule has 0 spiro atoms. The summed E-state index contributed by atoms with van der Waals surface area (Å²) in [4.78, 5) is 30.0. The Hall–Kier alpha value is 1.54. The van der Waals surface area contributed by atoms with Gasteiger partial charge in [-0.25, -0.2) is 0 Å². The molecule has 3 saturated carbocycles. The van der Waals surface area contributed by atoms with Crippen LogP contribution in [0.4, 0.5) is 0 Å². The third-order valence-corrected chi connectivity index (χ3v) is 20.8. The van der Waals surface area contributed by atoms with E-state index in [9.17, 15) is 14.7 Å². The van der Waals surface area contributed by atoms with Crippen molar-refractivity contribution in [2.75, 3.05) is 9.36 Å². The number of ketones is 2. The Morgan fingerprint density at radius 1 is 1.03 bits per heavy atom. The molecule has 9 unspecified atom stereocenters. The van der Waals surface area contributed by atoms with Gasteiger partial charge in [-0.3, -0.25) is 0 Å². The Morgan fingerprint density at radius 2 is 1.69 bits per heavy atom. The fourth-order valence-corrected chi connectivity index (χ4v) is 18.3. The average Bonchev–Trinajstić information content (AvgIpc) is 2.77. The van der Waals surface area contributed by atoms with Gasteiger partial charge >= 0.3 is 265 Å². The Morgan fingerprint density at radius 3 is 2.34 bits per heavy atom. The number of hydrogen-bond acceptors (Lipinski definition) is 3. The minimum atomic E-state index is -0.662. The number of Topliss-reactive ketones (excluding diaryl/α,β-unsaturated/α-hetero) is 1. The predicted molar refractivity (Wildman–Crippen MR) is 163 cm³/mol. The van der Waals surface area contributed by atoms with Gasteiger partial charge in [0.1, 0.15) is 0 Å². The van der Waals surface area contributed by atoms with Gasteiger partial charge in [0, 0.05) is 0 Å². The second kappa shape index (κ2) is 8.77. The van der Waals surface area contributed by atoms with Crippen LogP contribution in [0.3, 0.4) is 0 Å². The first-order chi connectivity index (χ1) is 16.2. The standard InChI is InChI=1S/C28H37I4O3/c1-16-7-6-10-26(15-32-5)12-9-19-23(2)11-8-18-24(3,14-17(33)22(35)25(18,4)29)20(23)13-21(34)27(19,30)28(16,26)31/h13-14,16,18-19,33H,6-12,15H2,1-5H3/q-1. The minimum absolute atomic E-state index is 0.0343. The first kappa shape index (κ1) is 28.1. The molecule has 9 atom stereocenters. The summed E-state index contributed by atoms with van der Waals surface area (Å²) >= 11 is 7.89. The van der Waals surface area contributed by atoms with Crippen molar-refractivity contribution in [3.63, 3.8) is 0 Å². The van der Waals surface area contributed by atoms with Crippen molar-refractivity contribution in [2.45, 2.75) is 82.9 Å². The Kier molecular flexibility index (Phi) is 7.03. The number of hydrogen-bond donors (Lipinski definition) is 1. The summed E-state index contributed by atoms with van der Waals surface area (Å²) in [5.74, 6) is 0.917. The second-order valence-electron chi connectivity index (χ2n) is 12.6. The Balaban J connectivity index is 1.72. The van der Waals surface area contributed by atoms with E-state index in [1.807, 2.05) is 19.1 Å². The van der Waals surface area contributed by atoms with E-state index in [1.165, 1.54) is 35.7 Å². The Bertz CT molecular complexity index is 1050. The molecule has 5 rings (SSSR count). The fourth-order valence-electron chi connectivity index (χ4n) is 9.54. The Labute approximate surface area is 261 Å². The molecule has 0 heterocycles. The number of carbonyl (C=O) groups excluding carboxylic acids is 2. The van der Waals surface area contributed by atoms with Crippen LogP contribution < -0.4 is 21.2 Å². The molecule has 0 aromatic rings. The van der Waals surface area contributed by atoms with Gasteiger partial charge in [0.05, 0.1) is 0 Å². The number of aliphatic hydroxyl groups excluding tert-OH is 1. The summed E-state index contributed by atoms with van der Waals surface area (Å²) in [6.45, 7) is 9.01. The molecule has 0 radical (unpaired) electrons. The van der Waals surface area contributed by atoms with Gasteiger partial charge in [0.15, 0.2) is 0 Å². The molecule has 3 fully saturated rings. The summed E-state index contributed by atoms with van der Waals surface area (Å²) in [6, 6.07) is 0. The third-order valence-electron chi connectivity index (χ3n) is 11.1. The SMILES string of the molecule is C[I-]CC12CCCC(C)C1(I)C1(I)C(=O)C=C3C4(C)C=C(O)C(=O)C(C)(I)C4CCC3(C)C1CC2. The molecule has 5 aliphatic rings. The van der Waals surface area contributed by atoms with Gasteiger partial charge < -0.3 is 0 Å². The van der Waals surface area contributed by atoms with Crippen LogP contribution in [0, 0.1) is 34.0 Å². The molecule has 196 valence electrons. The predicted octanol–water partition coefficient (Wildman–Crippen LogP) is 4.42. The van der Waals surface area contributed by atoms with Crippen LogP contribution in [0.2, 0.25) is 0 Å². The molecule has 0 aromatic heterocycles. The van der Waals surface area contributed by atoms with Crippen LogP contribution >= 0.6 is 67.8 Å². The van der Waals surface area contributed by atoms with Crippen LogP contribution in [-0.2, 0) is 9.59 Å². The van der Waals surface area contributed by atoms with E-state index in [1.54, 1.807) is 0 Å². The van der Waals surface area contributed by atoms with E-state index >= 15 is 0 Å². The molecule has 5 aliphatic carbocycles. The van der Waals surface area contributed by atoms with E-state index in [-0.39, 0.29) is 58.8 Å². The molecule has 0 amide bonds. The summed E-state index contributed by atoms with van der Waals surface area (Å²) < 4.78 is 0.216. The maximum absolute atomic E-state index is 14.6. The number of alkyl halides is 5. The molecular formula is C28H37I4O3-. The number of carbonyl (C=O) groups is 2. The van der Waals surface area contributed by atoms with Crippen LogP contribution in [0.5, 0.6) is 0 Å². The quantitative estimate of drug-likeness (QED) is 0.330. The topological polar surface area (TPSA) is 54.4 Å². The number of aliphatic hydroxyl groups is 1. The van der Waals surface area contributed by atoms with E-state index in [2.05, 4.69) is 93.5 Å². The van der Waals surface area contributed by atoms with E-state index in [0.29, 0.717) is 11.7 Å². The van der Waals surface area contributed by atoms with Gasteiger partial charge in [-0.2, -0.15) is 0 Å². The van der Waals surface area contributed by atoms with E-state index in [0.717, 1.165) is 19.3 Å². The number of allylic oxidation sites excluding steroid dienone is 4. The summed E-state index contributed by atoms with van der Waals surface area (Å²) in [6.07, 6.45) is 11.9. The maximum atomic E-state index is 14.6. The summed E-state index contributed by atoms with van der Waals surface area (Å²) in [7, 11) is 0. The molecule has 0 bridgehead atoms. The zero-order valence-corrected chi connectivity index (χ0v) is 29.9. The first-order valence-corrected chi connectivity index (χ1v) is 19.8. The molecular weight excluding hydrogens is 892 g/mol. The molecule has 7 heteroatoms. The van der Waals surface area contributed by atoms with E-state index < -0.39 is 12.3 Å². The van der Waals surface area contributed by atoms with Gasteiger partial charge in [-0.05, 0) is 0 Å². The molecule has 0 aliphatic heterocycles. The number of rotatable bonds is 2. The number of fused-ring (bicyclic) bond motifs is 7. The third kappa shape index (κ3) is 3.33. The molecule has 1 N–H and O–H groups in total. The molecule has 0 saturated heterocycles. The normalized spacial score (nSPS) is 53.7. The van der Waals surface area contributed by atoms with Crippen LogP contribution in [0.15, 0.2) is 23.5 Å². The van der Waals surface area contributed by atoms with Crippen LogP contribution in [-0.4, -0.2) is 36.3 Å². The van der Waals surface area contributed by atoms with Crippen molar-refractivity contribution in [3.8, 4) is 0 Å². The van der Waals surface area contributed by atoms with Gasteiger partial charge in [0.2, 0.25) is 0 Å². The zero-order valence-electron chi connectivity index (χ0n) is 21.3. The van der Waals surface area contributed by atoms with Crippen molar-refractivity contribution in [1.29, 1.82) is 0 Å². The number of halogens is 4. The first-order valence-electron chi connectivity index (χ1n) is 12.9. The van der Waals surface area contributed by atoms with Crippen LogP contribution in [0.1, 0.15) is 72.6 Å². The van der Waals surface area contributed by atoms with Crippen LogP contribution in [0.25, 0.3) is 0 Å². The molecule has 35 heavy (non-hydrogen) atoms. The summed E-state index contributed by atoms with van der Waals surface area (Å²) in [5.41, 5.74) is 0.880. The van der Waals surface area contributed by atoms with Gasteiger partial charge in [0.25, 0.3) is 0 Å². The van der Waals surface area contributed by atoms with Crippen molar-refractivity contribution in [2.24, 2.45) is 34.0 Å². The zero-order chi connectivity index (χ0) is 25.8. The van der Waals surface area contributed by atoms with Crippen molar-refractivity contribution in [3.05, 3.63) is 23.5 Å². The summed E-state index contributed by atoms with van der Waals surface area (Å²) in [5, 5.41) is 10.8.